The summed E-state index contributed by atoms with van der Waals surface area (Å²) in [6.45, 7) is 0. The van der Waals surface area contributed by atoms with Crippen LogP contribution >= 0.6 is 0 Å². The van der Waals surface area contributed by atoms with Gasteiger partial charge in [-0.2, -0.15) is 0 Å². The molecule has 0 N–H and O–H groups in total. The molecular formula is C54H35NO. The van der Waals surface area contributed by atoms with E-state index in [1.165, 1.54) is 54.6 Å². The molecule has 0 spiro atoms. The molecule has 2 nitrogen and oxygen atoms in total. The monoisotopic (exact) mass is 713 g/mol. The number of para-hydroxylation sites is 2. The first-order valence-electron chi connectivity index (χ1n) is 19.2. The SMILES string of the molecule is c1cc(-c2ccc3oc4ccccc4c3c2)cc(N(c2ccc(-c3cccc4ccccc34)cc2)c2ccccc2-c2cc3ccccc3c3ccccc23)c1. The van der Waals surface area contributed by atoms with Crippen LogP contribution in [0.15, 0.2) is 217 Å². The lowest BCUT2D eigenvalue weighted by Crippen LogP contribution is -2.11. The van der Waals surface area contributed by atoms with Crippen LogP contribution in [-0.2, 0) is 0 Å². The standard InChI is InChI=1S/C54H35NO/c1-3-18-43-36(13-1)15-12-24-44(43)37-27-30-41(31-28-37)55(42-17-11-16-38(33-42)39-29-32-54-51(34-39)49-23-8-10-26-53(49)56-54)52-25-9-7-22-48(52)50-35-40-14-2-4-19-45(40)46-20-5-6-21-47(46)50/h1-35H. The minimum atomic E-state index is 0.899. The van der Waals surface area contributed by atoms with E-state index in [1.54, 1.807) is 0 Å². The van der Waals surface area contributed by atoms with Crippen LogP contribution in [0.5, 0.6) is 0 Å². The number of anilines is 3. The van der Waals surface area contributed by atoms with Crippen LogP contribution in [0.1, 0.15) is 0 Å². The predicted octanol–water partition coefficient (Wildman–Crippen LogP) is 15.5. The summed E-state index contributed by atoms with van der Waals surface area (Å²) < 4.78 is 6.19. The van der Waals surface area contributed by atoms with Crippen LogP contribution in [0, 0.1) is 0 Å². The first-order chi connectivity index (χ1) is 27.8. The molecule has 0 amide bonds. The van der Waals surface area contributed by atoms with Crippen LogP contribution in [0.4, 0.5) is 17.1 Å². The van der Waals surface area contributed by atoms with Crippen LogP contribution in [0.2, 0.25) is 0 Å². The van der Waals surface area contributed by atoms with E-state index in [2.05, 4.69) is 205 Å². The van der Waals surface area contributed by atoms with Crippen molar-refractivity contribution in [2.24, 2.45) is 0 Å². The third-order valence-corrected chi connectivity index (χ3v) is 11.2. The second kappa shape index (κ2) is 13.2. The van der Waals surface area contributed by atoms with Gasteiger partial charge in [-0.15, -0.1) is 0 Å². The molecule has 0 bridgehead atoms. The number of nitrogens with zero attached hydrogens (tertiary/aromatic N) is 1. The molecule has 0 saturated heterocycles. The maximum atomic E-state index is 6.19. The molecule has 0 saturated carbocycles. The van der Waals surface area contributed by atoms with Gasteiger partial charge in [0, 0.05) is 27.7 Å². The number of fused-ring (bicyclic) bond motifs is 7. The Hall–Kier alpha value is -7.42. The Balaban J connectivity index is 1.11. The zero-order chi connectivity index (χ0) is 37.0. The van der Waals surface area contributed by atoms with Crippen molar-refractivity contribution in [3.63, 3.8) is 0 Å². The van der Waals surface area contributed by atoms with Crippen molar-refractivity contribution in [3.05, 3.63) is 212 Å². The normalized spacial score (nSPS) is 11.6. The Morgan fingerprint density at radius 2 is 0.893 bits per heavy atom. The molecule has 11 rings (SSSR count). The lowest BCUT2D eigenvalue weighted by molar-refractivity contribution is 0.669. The number of hydrogen-bond donors (Lipinski definition) is 0. The third-order valence-electron chi connectivity index (χ3n) is 11.2. The molecular weight excluding hydrogens is 679 g/mol. The van der Waals surface area contributed by atoms with Crippen LogP contribution in [0.25, 0.3) is 87.6 Å². The quantitative estimate of drug-likeness (QED) is 0.160. The van der Waals surface area contributed by atoms with E-state index < -0.39 is 0 Å². The van der Waals surface area contributed by atoms with Crippen molar-refractivity contribution in [1.82, 2.24) is 0 Å². The summed E-state index contributed by atoms with van der Waals surface area (Å²) in [5.74, 6) is 0. The summed E-state index contributed by atoms with van der Waals surface area (Å²) in [6.07, 6.45) is 0. The highest BCUT2D eigenvalue weighted by Crippen LogP contribution is 2.45. The highest BCUT2D eigenvalue weighted by molar-refractivity contribution is 6.15. The second-order valence-corrected chi connectivity index (χ2v) is 14.5. The van der Waals surface area contributed by atoms with E-state index in [0.29, 0.717) is 0 Å². The molecule has 2 heteroatoms. The summed E-state index contributed by atoms with van der Waals surface area (Å²) in [7, 11) is 0. The van der Waals surface area contributed by atoms with Crippen LogP contribution in [0.3, 0.4) is 0 Å². The smallest absolute Gasteiger partial charge is 0.135 e. The van der Waals surface area contributed by atoms with Gasteiger partial charge in [-0.1, -0.05) is 158 Å². The van der Waals surface area contributed by atoms with Crippen molar-refractivity contribution >= 4 is 71.3 Å². The van der Waals surface area contributed by atoms with Gasteiger partial charge in [0.1, 0.15) is 11.2 Å². The Morgan fingerprint density at radius 3 is 1.77 bits per heavy atom. The molecule has 0 fully saturated rings. The van der Waals surface area contributed by atoms with E-state index in [0.717, 1.165) is 50.1 Å². The van der Waals surface area contributed by atoms with E-state index in [9.17, 15) is 0 Å². The van der Waals surface area contributed by atoms with Crippen molar-refractivity contribution in [2.75, 3.05) is 4.90 Å². The third kappa shape index (κ3) is 5.34. The molecule has 262 valence electrons. The molecule has 0 aliphatic heterocycles. The predicted molar refractivity (Wildman–Crippen MR) is 237 cm³/mol. The van der Waals surface area contributed by atoms with E-state index in [4.69, 9.17) is 4.42 Å². The number of benzene rings is 10. The maximum Gasteiger partial charge on any atom is 0.135 e. The summed E-state index contributed by atoms with van der Waals surface area (Å²) in [5.41, 5.74) is 12.2. The number of hydrogen-bond acceptors (Lipinski definition) is 2. The first kappa shape index (κ1) is 32.0. The summed E-state index contributed by atoms with van der Waals surface area (Å²) >= 11 is 0. The van der Waals surface area contributed by atoms with E-state index >= 15 is 0 Å². The lowest BCUT2D eigenvalue weighted by atomic mass is 9.92. The summed E-state index contributed by atoms with van der Waals surface area (Å²) in [6, 6.07) is 76.7. The van der Waals surface area contributed by atoms with Crippen molar-refractivity contribution < 1.29 is 4.42 Å². The Morgan fingerprint density at radius 1 is 0.286 bits per heavy atom. The molecule has 0 aliphatic rings. The molecule has 1 aromatic heterocycles. The molecule has 0 unspecified atom stereocenters. The Labute approximate surface area is 325 Å². The topological polar surface area (TPSA) is 16.4 Å². The molecule has 0 atom stereocenters. The highest BCUT2D eigenvalue weighted by Gasteiger charge is 2.20. The zero-order valence-electron chi connectivity index (χ0n) is 30.6. The first-order valence-corrected chi connectivity index (χ1v) is 19.2. The van der Waals surface area contributed by atoms with Gasteiger partial charge in [0.2, 0.25) is 0 Å². The lowest BCUT2D eigenvalue weighted by Gasteiger charge is -2.29. The van der Waals surface area contributed by atoms with Crippen molar-refractivity contribution in [3.8, 4) is 33.4 Å². The molecule has 1 heterocycles. The average molecular weight is 714 g/mol. The Bertz CT molecular complexity index is 3260. The molecule has 11 aromatic rings. The van der Waals surface area contributed by atoms with E-state index in [-0.39, 0.29) is 0 Å². The van der Waals surface area contributed by atoms with Gasteiger partial charge < -0.3 is 9.32 Å². The van der Waals surface area contributed by atoms with Gasteiger partial charge in [0.05, 0.1) is 5.69 Å². The van der Waals surface area contributed by atoms with Gasteiger partial charge in [0.15, 0.2) is 0 Å². The van der Waals surface area contributed by atoms with Gasteiger partial charge in [0.25, 0.3) is 0 Å². The number of rotatable bonds is 6. The minimum absolute atomic E-state index is 0.899. The molecule has 0 aliphatic carbocycles. The van der Waals surface area contributed by atoms with Gasteiger partial charge in [-0.25, -0.2) is 0 Å². The van der Waals surface area contributed by atoms with Gasteiger partial charge in [-0.3, -0.25) is 0 Å². The second-order valence-electron chi connectivity index (χ2n) is 14.5. The maximum absolute atomic E-state index is 6.19. The zero-order valence-corrected chi connectivity index (χ0v) is 30.6. The minimum Gasteiger partial charge on any atom is -0.456 e. The summed E-state index contributed by atoms with van der Waals surface area (Å²) in [4.78, 5) is 2.42. The van der Waals surface area contributed by atoms with E-state index in [1.807, 2.05) is 12.1 Å². The average Bonchev–Trinajstić information content (AvgIpc) is 3.65. The summed E-state index contributed by atoms with van der Waals surface area (Å²) in [5, 5.41) is 9.73. The van der Waals surface area contributed by atoms with Gasteiger partial charge in [-0.05, 0) is 115 Å². The van der Waals surface area contributed by atoms with Crippen molar-refractivity contribution in [1.29, 1.82) is 0 Å². The molecule has 0 radical (unpaired) electrons. The fraction of sp³-hybridized carbons (Fsp3) is 0. The van der Waals surface area contributed by atoms with Crippen LogP contribution in [-0.4, -0.2) is 0 Å². The highest BCUT2D eigenvalue weighted by atomic mass is 16.3. The molecule has 56 heavy (non-hydrogen) atoms. The number of furan rings is 1. The van der Waals surface area contributed by atoms with Crippen LogP contribution < -0.4 is 4.90 Å². The molecule has 10 aromatic carbocycles. The van der Waals surface area contributed by atoms with Crippen molar-refractivity contribution in [2.45, 2.75) is 0 Å². The fourth-order valence-corrected chi connectivity index (χ4v) is 8.60. The fourth-order valence-electron chi connectivity index (χ4n) is 8.60. The Kier molecular flexibility index (Phi) is 7.53. The van der Waals surface area contributed by atoms with Gasteiger partial charge >= 0.3 is 0 Å². The largest absolute Gasteiger partial charge is 0.456 e.